The summed E-state index contributed by atoms with van der Waals surface area (Å²) in [6.45, 7) is 0.689. The molecule has 0 aromatic heterocycles. The molecule has 1 aliphatic rings. The van der Waals surface area contributed by atoms with Gasteiger partial charge in [-0.15, -0.1) is 0 Å². The maximum atomic E-state index is 9.98. The molecule has 0 saturated carbocycles. The molecule has 1 saturated heterocycles. The van der Waals surface area contributed by atoms with Gasteiger partial charge in [-0.1, -0.05) is 0 Å². The van der Waals surface area contributed by atoms with E-state index in [4.69, 9.17) is 9.84 Å². The quantitative estimate of drug-likeness (QED) is 0.456. The minimum atomic E-state index is -0.563. The van der Waals surface area contributed by atoms with Gasteiger partial charge in [0, 0.05) is 0 Å². The molecule has 0 spiro atoms. The van der Waals surface area contributed by atoms with Crippen molar-refractivity contribution in [3.8, 4) is 0 Å². The van der Waals surface area contributed by atoms with Gasteiger partial charge >= 0.3 is 0 Å². The van der Waals surface area contributed by atoms with Gasteiger partial charge in [-0.25, -0.2) is 0 Å². The molecular formula is C5H8O3. The molecule has 8 heavy (non-hydrogen) atoms. The first-order valence-corrected chi connectivity index (χ1v) is 2.55. The van der Waals surface area contributed by atoms with Gasteiger partial charge in [-0.2, -0.15) is 0 Å². The lowest BCUT2D eigenvalue weighted by molar-refractivity contribution is -0.112. The first kappa shape index (κ1) is 5.72. The molecule has 46 valence electrons. The van der Waals surface area contributed by atoms with Crippen molar-refractivity contribution in [3.63, 3.8) is 0 Å². The zero-order valence-corrected chi connectivity index (χ0v) is 4.41. The van der Waals surface area contributed by atoms with Crippen molar-refractivity contribution in [1.29, 1.82) is 0 Å². The van der Waals surface area contributed by atoms with Gasteiger partial charge < -0.3 is 14.6 Å². The van der Waals surface area contributed by atoms with E-state index in [1.54, 1.807) is 0 Å². The van der Waals surface area contributed by atoms with Crippen molar-refractivity contribution in [2.75, 3.05) is 13.2 Å². The standard InChI is InChI=1S/C5H8O3/c6-1-4-2-8-3-5(4)7/h1,4-5,7H,2-3H2. The molecule has 1 heterocycles. The lowest BCUT2D eigenvalue weighted by atomic mass is 10.1. The SMILES string of the molecule is O=CC1COCC1O. The van der Waals surface area contributed by atoms with Crippen LogP contribution in [-0.2, 0) is 9.53 Å². The molecule has 1 N–H and O–H groups in total. The highest BCUT2D eigenvalue weighted by molar-refractivity contribution is 5.55. The predicted molar refractivity (Wildman–Crippen MR) is 26.4 cm³/mol. The van der Waals surface area contributed by atoms with E-state index in [2.05, 4.69) is 0 Å². The summed E-state index contributed by atoms with van der Waals surface area (Å²) in [6.07, 6.45) is 0.171. The van der Waals surface area contributed by atoms with E-state index in [0.29, 0.717) is 13.2 Å². The Morgan fingerprint density at radius 1 is 1.62 bits per heavy atom. The molecule has 0 radical (unpaired) electrons. The zero-order valence-electron chi connectivity index (χ0n) is 4.41. The first-order chi connectivity index (χ1) is 3.84. The second-order valence-electron chi connectivity index (χ2n) is 1.90. The summed E-state index contributed by atoms with van der Waals surface area (Å²) in [5.74, 6) is -0.282. The highest BCUT2D eigenvalue weighted by Gasteiger charge is 2.24. The van der Waals surface area contributed by atoms with E-state index in [0.717, 1.165) is 6.29 Å². The van der Waals surface area contributed by atoms with Crippen LogP contribution in [0.4, 0.5) is 0 Å². The van der Waals surface area contributed by atoms with E-state index in [-0.39, 0.29) is 5.92 Å². The van der Waals surface area contributed by atoms with Crippen LogP contribution in [0.3, 0.4) is 0 Å². The summed E-state index contributed by atoms with van der Waals surface area (Å²) < 4.78 is 4.78. The van der Waals surface area contributed by atoms with Crippen molar-refractivity contribution < 1.29 is 14.6 Å². The molecule has 1 aliphatic heterocycles. The third-order valence-electron chi connectivity index (χ3n) is 1.27. The smallest absolute Gasteiger partial charge is 0.128 e. The summed E-state index contributed by atoms with van der Waals surface area (Å²) >= 11 is 0. The van der Waals surface area contributed by atoms with Crippen molar-refractivity contribution >= 4 is 6.29 Å². The van der Waals surface area contributed by atoms with Crippen LogP contribution in [0.25, 0.3) is 0 Å². The van der Waals surface area contributed by atoms with Gasteiger partial charge in [0.2, 0.25) is 0 Å². The number of aldehydes is 1. The Kier molecular flexibility index (Phi) is 1.60. The topological polar surface area (TPSA) is 46.5 Å². The number of rotatable bonds is 1. The number of hydrogen-bond acceptors (Lipinski definition) is 3. The largest absolute Gasteiger partial charge is 0.390 e. The van der Waals surface area contributed by atoms with Crippen LogP contribution in [0.5, 0.6) is 0 Å². The summed E-state index contributed by atoms with van der Waals surface area (Å²) in [5, 5.41) is 8.83. The van der Waals surface area contributed by atoms with Gasteiger partial charge in [0.25, 0.3) is 0 Å². The Morgan fingerprint density at radius 3 is 2.62 bits per heavy atom. The molecule has 2 unspecified atom stereocenters. The number of aliphatic hydroxyl groups excluding tert-OH is 1. The third-order valence-corrected chi connectivity index (χ3v) is 1.27. The Morgan fingerprint density at radius 2 is 2.38 bits per heavy atom. The minimum absolute atomic E-state index is 0.282. The summed E-state index contributed by atoms with van der Waals surface area (Å²) in [6, 6.07) is 0. The van der Waals surface area contributed by atoms with Gasteiger partial charge in [0.15, 0.2) is 0 Å². The maximum absolute atomic E-state index is 9.98. The van der Waals surface area contributed by atoms with E-state index < -0.39 is 6.10 Å². The van der Waals surface area contributed by atoms with Crippen molar-refractivity contribution in [2.45, 2.75) is 6.10 Å². The summed E-state index contributed by atoms with van der Waals surface area (Å²) in [4.78, 5) is 9.98. The van der Waals surface area contributed by atoms with E-state index >= 15 is 0 Å². The molecule has 0 aromatic rings. The monoisotopic (exact) mass is 116 g/mol. The Bertz CT molecular complexity index is 91.7. The van der Waals surface area contributed by atoms with Gasteiger partial charge in [-0.3, -0.25) is 0 Å². The molecule has 0 bridgehead atoms. The van der Waals surface area contributed by atoms with Crippen molar-refractivity contribution in [2.24, 2.45) is 5.92 Å². The second-order valence-corrected chi connectivity index (χ2v) is 1.90. The van der Waals surface area contributed by atoms with Gasteiger partial charge in [0.05, 0.1) is 25.2 Å². The Balaban J connectivity index is 2.41. The molecule has 0 aromatic carbocycles. The van der Waals surface area contributed by atoms with Crippen LogP contribution in [0.15, 0.2) is 0 Å². The summed E-state index contributed by atoms with van der Waals surface area (Å²) in [7, 11) is 0. The number of ether oxygens (including phenoxy) is 1. The highest BCUT2D eigenvalue weighted by Crippen LogP contribution is 2.09. The maximum Gasteiger partial charge on any atom is 0.128 e. The third kappa shape index (κ3) is 0.877. The fraction of sp³-hybridized carbons (Fsp3) is 0.800. The average Bonchev–Trinajstić information content (AvgIpc) is 2.14. The molecule has 0 aliphatic carbocycles. The average molecular weight is 116 g/mol. The van der Waals surface area contributed by atoms with Crippen LogP contribution in [0, 0.1) is 5.92 Å². The van der Waals surface area contributed by atoms with Gasteiger partial charge in [-0.05, 0) is 0 Å². The van der Waals surface area contributed by atoms with Crippen LogP contribution in [0.2, 0.25) is 0 Å². The molecule has 1 fully saturated rings. The predicted octanol–water partition coefficient (Wildman–Crippen LogP) is -0.807. The molecular weight excluding hydrogens is 108 g/mol. The normalized spacial score (nSPS) is 37.6. The Labute approximate surface area is 47.3 Å². The van der Waals surface area contributed by atoms with Gasteiger partial charge in [0.1, 0.15) is 6.29 Å². The van der Waals surface area contributed by atoms with Crippen molar-refractivity contribution in [1.82, 2.24) is 0 Å². The Hall–Kier alpha value is -0.410. The van der Waals surface area contributed by atoms with E-state index in [9.17, 15) is 4.79 Å². The fourth-order valence-electron chi connectivity index (χ4n) is 0.690. The molecule has 2 atom stereocenters. The zero-order chi connectivity index (χ0) is 5.98. The number of carbonyl (C=O) groups is 1. The molecule has 1 rings (SSSR count). The number of aliphatic hydroxyl groups is 1. The van der Waals surface area contributed by atoms with Crippen LogP contribution < -0.4 is 0 Å². The van der Waals surface area contributed by atoms with Crippen molar-refractivity contribution in [3.05, 3.63) is 0 Å². The molecule has 3 nitrogen and oxygen atoms in total. The van der Waals surface area contributed by atoms with E-state index in [1.807, 2.05) is 0 Å². The van der Waals surface area contributed by atoms with Crippen LogP contribution in [-0.4, -0.2) is 30.7 Å². The highest BCUT2D eigenvalue weighted by atomic mass is 16.5. The number of hydrogen-bond donors (Lipinski definition) is 1. The first-order valence-electron chi connectivity index (χ1n) is 2.55. The number of carbonyl (C=O) groups excluding carboxylic acids is 1. The second kappa shape index (κ2) is 2.24. The minimum Gasteiger partial charge on any atom is -0.390 e. The lowest BCUT2D eigenvalue weighted by Crippen LogP contribution is -2.18. The molecule has 3 heteroatoms. The summed E-state index contributed by atoms with van der Waals surface area (Å²) in [5.41, 5.74) is 0. The van der Waals surface area contributed by atoms with E-state index in [1.165, 1.54) is 0 Å². The van der Waals surface area contributed by atoms with Crippen LogP contribution in [0.1, 0.15) is 0 Å². The fourth-order valence-corrected chi connectivity index (χ4v) is 0.690. The van der Waals surface area contributed by atoms with Crippen LogP contribution >= 0.6 is 0 Å². The molecule has 0 amide bonds. The lowest BCUT2D eigenvalue weighted by Gasteiger charge is -1.99.